The minimum Gasteiger partial charge on any atom is -0.462 e. The average molecular weight is 1470 g/mol. The first-order chi connectivity index (χ1) is 48.3. The second-order valence-electron chi connectivity index (χ2n) is 30.4. The molecule has 3 N–H and O–H groups in total. The first kappa shape index (κ1) is 98.1. The van der Waals surface area contributed by atoms with Gasteiger partial charge in [0.15, 0.2) is 12.2 Å². The van der Waals surface area contributed by atoms with E-state index >= 15 is 0 Å². The van der Waals surface area contributed by atoms with Crippen LogP contribution in [0, 0.1) is 17.8 Å². The van der Waals surface area contributed by atoms with E-state index in [0.717, 1.165) is 108 Å². The molecular weight excluding hydrogens is 1310 g/mol. The third-order valence-electron chi connectivity index (χ3n) is 19.2. The molecule has 19 heteroatoms. The number of aliphatic hydroxyl groups is 1. The number of unbranched alkanes of at least 4 members (excludes halogenated alkanes) is 46. The molecule has 0 amide bonds. The summed E-state index contributed by atoms with van der Waals surface area (Å²) in [5.74, 6) is 0.231. The van der Waals surface area contributed by atoms with Crippen molar-refractivity contribution in [3.8, 4) is 0 Å². The summed E-state index contributed by atoms with van der Waals surface area (Å²) >= 11 is 0. The molecule has 0 heterocycles. The molecule has 0 radical (unpaired) electrons. The Balaban J connectivity index is 5.26. The fourth-order valence-electron chi connectivity index (χ4n) is 12.5. The van der Waals surface area contributed by atoms with Gasteiger partial charge in [-0.15, -0.1) is 0 Å². The van der Waals surface area contributed by atoms with Crippen molar-refractivity contribution in [3.63, 3.8) is 0 Å². The largest absolute Gasteiger partial charge is 0.472 e. The van der Waals surface area contributed by atoms with Crippen LogP contribution in [0.2, 0.25) is 0 Å². The van der Waals surface area contributed by atoms with Gasteiger partial charge in [-0.1, -0.05) is 370 Å². The van der Waals surface area contributed by atoms with Gasteiger partial charge in [0.25, 0.3) is 0 Å². The van der Waals surface area contributed by atoms with Crippen LogP contribution in [0.25, 0.3) is 0 Å². The van der Waals surface area contributed by atoms with E-state index < -0.39 is 97.5 Å². The SMILES string of the molecule is CCCCCCCCCCCCCCCCCCCC(=O)OC[C@H](COP(=O)(O)OC[C@@H](O)COP(=O)(O)OC[C@@H](COC(=O)CCCCCCCCCCCC(C)C)OC(=O)CCCCCCCCCCCCC(C)C)OC(=O)CCCCCCCCCCCCCCCCC(C)CC. The molecule has 6 atom stereocenters. The van der Waals surface area contributed by atoms with E-state index in [1.807, 2.05) is 0 Å². The Bertz CT molecular complexity index is 1940. The predicted molar refractivity (Wildman–Crippen MR) is 409 cm³/mol. The molecular formula is C81H158O17P2. The maximum atomic E-state index is 13.1. The Morgan fingerprint density at radius 3 is 0.760 bits per heavy atom. The highest BCUT2D eigenvalue weighted by Gasteiger charge is 2.30. The highest BCUT2D eigenvalue weighted by Crippen LogP contribution is 2.45. The van der Waals surface area contributed by atoms with Crippen molar-refractivity contribution in [2.24, 2.45) is 17.8 Å². The van der Waals surface area contributed by atoms with E-state index in [4.69, 9.17) is 37.0 Å². The summed E-state index contributed by atoms with van der Waals surface area (Å²) in [6.45, 7) is 12.0. The molecule has 0 aromatic carbocycles. The fraction of sp³-hybridized carbons (Fsp3) is 0.951. The molecule has 594 valence electrons. The molecule has 0 saturated carbocycles. The number of hydrogen-bond donors (Lipinski definition) is 3. The topological polar surface area (TPSA) is 237 Å². The molecule has 3 unspecified atom stereocenters. The van der Waals surface area contributed by atoms with E-state index in [-0.39, 0.29) is 25.7 Å². The lowest BCUT2D eigenvalue weighted by Crippen LogP contribution is -2.30. The Labute approximate surface area is 613 Å². The van der Waals surface area contributed by atoms with Crippen molar-refractivity contribution in [2.75, 3.05) is 39.6 Å². The first-order valence-corrected chi connectivity index (χ1v) is 44.9. The quantitative estimate of drug-likeness (QED) is 0.0222. The second-order valence-corrected chi connectivity index (χ2v) is 33.3. The van der Waals surface area contributed by atoms with E-state index in [9.17, 15) is 43.2 Å². The summed E-state index contributed by atoms with van der Waals surface area (Å²) in [6.07, 6.45) is 59.6. The van der Waals surface area contributed by atoms with Crippen molar-refractivity contribution in [3.05, 3.63) is 0 Å². The normalized spacial score (nSPS) is 14.2. The van der Waals surface area contributed by atoms with Crippen LogP contribution in [-0.4, -0.2) is 96.7 Å². The Morgan fingerprint density at radius 1 is 0.290 bits per heavy atom. The Hall–Kier alpha value is -1.94. The Kier molecular flexibility index (Phi) is 69.9. The highest BCUT2D eigenvalue weighted by molar-refractivity contribution is 7.47. The molecule has 17 nitrogen and oxygen atoms in total. The molecule has 0 spiro atoms. The van der Waals surface area contributed by atoms with Crippen LogP contribution in [0.1, 0.15) is 421 Å². The zero-order valence-electron chi connectivity index (χ0n) is 65.7. The number of aliphatic hydroxyl groups excluding tert-OH is 1. The predicted octanol–water partition coefficient (Wildman–Crippen LogP) is 24.1. The van der Waals surface area contributed by atoms with Gasteiger partial charge in [-0.25, -0.2) is 9.13 Å². The van der Waals surface area contributed by atoms with Gasteiger partial charge in [0.05, 0.1) is 26.4 Å². The van der Waals surface area contributed by atoms with Crippen LogP contribution in [0.3, 0.4) is 0 Å². The number of rotatable bonds is 79. The minimum atomic E-state index is -4.96. The van der Waals surface area contributed by atoms with Gasteiger partial charge in [0, 0.05) is 25.7 Å². The van der Waals surface area contributed by atoms with E-state index in [0.29, 0.717) is 25.7 Å². The third-order valence-corrected chi connectivity index (χ3v) is 21.1. The minimum absolute atomic E-state index is 0.106. The average Bonchev–Trinajstić information content (AvgIpc) is 0.945. The maximum Gasteiger partial charge on any atom is 0.472 e. The number of carbonyl (C=O) groups is 4. The van der Waals surface area contributed by atoms with E-state index in [1.54, 1.807) is 0 Å². The molecule has 0 rings (SSSR count). The molecule has 0 aliphatic carbocycles. The summed E-state index contributed by atoms with van der Waals surface area (Å²) in [4.78, 5) is 73.1. The van der Waals surface area contributed by atoms with Crippen LogP contribution >= 0.6 is 15.6 Å². The van der Waals surface area contributed by atoms with Gasteiger partial charge < -0.3 is 33.8 Å². The van der Waals surface area contributed by atoms with Gasteiger partial charge >= 0.3 is 39.5 Å². The standard InChI is InChI=1S/C81H158O17P2/c1-8-10-11-12-13-14-15-16-17-18-19-23-26-34-41-48-55-62-78(83)91-68-76(97-80(85)64-57-50-43-35-27-24-21-20-22-25-33-40-47-54-61-74(7)9-2)70-95-99(87,88)93-66-75(82)67-94-100(89,90)96-71-77(69-92-79(84)63-56-49-42-37-30-32-39-46-53-60-73(5)6)98-81(86)65-58-51-44-36-29-28-31-38-45-52-59-72(3)4/h72-77,82H,8-71H2,1-7H3,(H,87,88)(H,89,90)/t74?,75-,76-,77-/m1/s1. The number of hydrogen-bond acceptors (Lipinski definition) is 15. The smallest absolute Gasteiger partial charge is 0.462 e. The van der Waals surface area contributed by atoms with Gasteiger partial charge in [0.1, 0.15) is 19.3 Å². The molecule has 0 fully saturated rings. The summed E-state index contributed by atoms with van der Waals surface area (Å²) in [5.41, 5.74) is 0. The summed E-state index contributed by atoms with van der Waals surface area (Å²) in [6, 6.07) is 0. The molecule has 100 heavy (non-hydrogen) atoms. The van der Waals surface area contributed by atoms with Crippen LogP contribution < -0.4 is 0 Å². The van der Waals surface area contributed by atoms with E-state index in [1.165, 1.54) is 231 Å². The van der Waals surface area contributed by atoms with Crippen LogP contribution in [0.5, 0.6) is 0 Å². The zero-order chi connectivity index (χ0) is 73.7. The van der Waals surface area contributed by atoms with Crippen LogP contribution in [0.4, 0.5) is 0 Å². The molecule has 0 aliphatic heterocycles. The molecule has 0 aromatic heterocycles. The maximum absolute atomic E-state index is 13.1. The van der Waals surface area contributed by atoms with Crippen LogP contribution in [-0.2, 0) is 65.4 Å². The molecule has 0 saturated heterocycles. The second kappa shape index (κ2) is 71.3. The van der Waals surface area contributed by atoms with Crippen molar-refractivity contribution in [1.82, 2.24) is 0 Å². The number of esters is 4. The van der Waals surface area contributed by atoms with Gasteiger partial charge in [-0.05, 0) is 43.4 Å². The number of ether oxygens (including phenoxy) is 4. The van der Waals surface area contributed by atoms with Crippen molar-refractivity contribution in [1.29, 1.82) is 0 Å². The van der Waals surface area contributed by atoms with Gasteiger partial charge in [-0.3, -0.25) is 37.3 Å². The number of phosphoric ester groups is 2. The van der Waals surface area contributed by atoms with Gasteiger partial charge in [0.2, 0.25) is 0 Å². The van der Waals surface area contributed by atoms with Gasteiger partial charge in [-0.2, -0.15) is 0 Å². The first-order valence-electron chi connectivity index (χ1n) is 41.9. The molecule has 0 bridgehead atoms. The summed E-state index contributed by atoms with van der Waals surface area (Å²) < 4.78 is 68.7. The highest BCUT2D eigenvalue weighted by atomic mass is 31.2. The monoisotopic (exact) mass is 1470 g/mol. The molecule has 0 aliphatic rings. The van der Waals surface area contributed by atoms with Crippen molar-refractivity contribution >= 4 is 39.5 Å². The fourth-order valence-corrected chi connectivity index (χ4v) is 14.0. The molecule has 0 aromatic rings. The lowest BCUT2D eigenvalue weighted by molar-refractivity contribution is -0.161. The zero-order valence-corrected chi connectivity index (χ0v) is 67.5. The number of carbonyl (C=O) groups excluding carboxylic acids is 4. The van der Waals surface area contributed by atoms with Crippen molar-refractivity contribution in [2.45, 2.75) is 439 Å². The van der Waals surface area contributed by atoms with Crippen molar-refractivity contribution < 1.29 is 80.2 Å². The lowest BCUT2D eigenvalue weighted by Gasteiger charge is -2.21. The van der Waals surface area contributed by atoms with Crippen LogP contribution in [0.15, 0.2) is 0 Å². The third kappa shape index (κ3) is 73.0. The van der Waals surface area contributed by atoms with E-state index in [2.05, 4.69) is 48.5 Å². The summed E-state index contributed by atoms with van der Waals surface area (Å²) in [7, 11) is -9.92. The number of phosphoric acid groups is 2. The summed E-state index contributed by atoms with van der Waals surface area (Å²) in [5, 5.41) is 10.6. The Morgan fingerprint density at radius 2 is 0.510 bits per heavy atom. The lowest BCUT2D eigenvalue weighted by atomic mass is 9.99.